The molecule has 4 aromatic rings. The van der Waals surface area contributed by atoms with Crippen molar-refractivity contribution in [3.05, 3.63) is 87.6 Å². The number of thiophene rings is 1. The van der Waals surface area contributed by atoms with Crippen molar-refractivity contribution in [2.75, 3.05) is 40.5 Å². The minimum absolute atomic E-state index is 0.0680. The molecule has 2 unspecified atom stereocenters. The number of aliphatic imine (C=N–C) groups is 2. The zero-order valence-electron chi connectivity index (χ0n) is 40.5. The van der Waals surface area contributed by atoms with Gasteiger partial charge in [0.2, 0.25) is 18.0 Å². The minimum Gasteiger partial charge on any atom is -0.464 e. The predicted octanol–water partition coefficient (Wildman–Crippen LogP) is 9.36. The van der Waals surface area contributed by atoms with Gasteiger partial charge in [0, 0.05) is 73.2 Å². The maximum atomic E-state index is 16.9. The quantitative estimate of drug-likeness (QED) is 0.142. The van der Waals surface area contributed by atoms with Crippen LogP contribution in [0.25, 0.3) is 33.3 Å². The Bertz CT molecular complexity index is 2900. The number of rotatable bonds is 12. The van der Waals surface area contributed by atoms with E-state index in [1.165, 1.54) is 38.5 Å². The number of benzene rings is 2. The Hall–Kier alpha value is -6.40. The summed E-state index contributed by atoms with van der Waals surface area (Å²) in [5.41, 5.74) is 6.71. The second-order valence-corrected chi connectivity index (χ2v) is 20.7. The van der Waals surface area contributed by atoms with Gasteiger partial charge in [-0.2, -0.15) is 0 Å². The molecule has 8 heterocycles. The van der Waals surface area contributed by atoms with Gasteiger partial charge in [-0.3, -0.25) is 24.1 Å². The molecule has 0 bridgehead atoms. The summed E-state index contributed by atoms with van der Waals surface area (Å²) in [6.07, 6.45) is 5.71. The summed E-state index contributed by atoms with van der Waals surface area (Å²) in [7, 11) is 2.56. The second-order valence-electron chi connectivity index (χ2n) is 19.5. The van der Waals surface area contributed by atoms with E-state index in [9.17, 15) is 23.6 Å². The normalized spacial score (nSPS) is 22.2. The van der Waals surface area contributed by atoms with Gasteiger partial charge in [0.05, 0.1) is 48.0 Å². The maximum absolute atomic E-state index is 16.9. The fourth-order valence-corrected chi connectivity index (χ4v) is 12.1. The summed E-state index contributed by atoms with van der Waals surface area (Å²) in [5.74, 6) is -0.698. The van der Waals surface area contributed by atoms with Crippen LogP contribution < -0.4 is 15.4 Å². The average Bonchev–Trinajstić information content (AvgIpc) is 4.24. The van der Waals surface area contributed by atoms with Crippen LogP contribution in [0.15, 0.2) is 70.9 Å². The molecule has 0 saturated carbocycles. The molecular weight excluding hydrogens is 933 g/mol. The first kappa shape index (κ1) is 48.2. The van der Waals surface area contributed by atoms with Crippen LogP contribution in [0.4, 0.5) is 18.4 Å². The van der Waals surface area contributed by atoms with Crippen molar-refractivity contribution in [3.63, 3.8) is 0 Å². The first-order chi connectivity index (χ1) is 34.3. The van der Waals surface area contributed by atoms with Gasteiger partial charge in [0.15, 0.2) is 0 Å². The lowest BCUT2D eigenvalue weighted by atomic mass is 9.90. The summed E-state index contributed by atoms with van der Waals surface area (Å²) in [5, 5.41) is 6.38. The first-order valence-electron chi connectivity index (χ1n) is 24.6. The van der Waals surface area contributed by atoms with Crippen molar-refractivity contribution >= 4 is 68.8 Å². The number of nitrogens with one attached hydrogen (secondary N) is 2. The van der Waals surface area contributed by atoms with E-state index in [0.29, 0.717) is 85.9 Å². The molecule has 374 valence electrons. The molecule has 0 spiro atoms. The zero-order chi connectivity index (χ0) is 49.7. The van der Waals surface area contributed by atoms with E-state index < -0.39 is 42.5 Å². The number of likely N-dealkylation sites (tertiary alicyclic amines) is 2. The minimum atomic E-state index is -1.18. The molecule has 2 aromatic heterocycles. The monoisotopic (exact) mass is 991 g/mol. The van der Waals surface area contributed by atoms with Gasteiger partial charge in [0.25, 0.3) is 0 Å². The highest BCUT2D eigenvalue weighted by Crippen LogP contribution is 2.49. The number of methoxy groups -OCH3 is 2. The fraction of sp³-hybridized carbons (Fsp3) is 0.472. The van der Waals surface area contributed by atoms with E-state index in [0.717, 1.165) is 63.2 Å². The molecule has 2 aromatic carbocycles. The van der Waals surface area contributed by atoms with Gasteiger partial charge in [0.1, 0.15) is 29.8 Å². The van der Waals surface area contributed by atoms with Crippen LogP contribution in [0, 0.1) is 17.7 Å². The van der Waals surface area contributed by atoms with E-state index in [-0.39, 0.29) is 35.7 Å². The number of ether oxygens (including phenoxy) is 4. The Morgan fingerprint density at radius 3 is 2.07 bits per heavy atom. The van der Waals surface area contributed by atoms with Crippen LogP contribution >= 0.6 is 11.3 Å². The molecule has 10 rings (SSSR count). The number of fused-ring (bicyclic) bond motifs is 5. The molecule has 71 heavy (non-hydrogen) atoms. The van der Waals surface area contributed by atoms with Crippen LogP contribution in [0.5, 0.6) is 5.75 Å². The summed E-state index contributed by atoms with van der Waals surface area (Å²) < 4.78 is 55.7. The lowest BCUT2D eigenvalue weighted by molar-refractivity contribution is -0.135. The molecule has 0 radical (unpaired) electrons. The molecule has 6 aliphatic heterocycles. The van der Waals surface area contributed by atoms with Gasteiger partial charge < -0.3 is 39.4 Å². The van der Waals surface area contributed by atoms with Crippen LogP contribution in [-0.4, -0.2) is 114 Å². The van der Waals surface area contributed by atoms with E-state index in [1.54, 1.807) is 17.2 Å². The number of carbonyl (C=O) groups is 4. The number of halogens is 2. The van der Waals surface area contributed by atoms with Crippen molar-refractivity contribution in [1.82, 2.24) is 25.0 Å². The van der Waals surface area contributed by atoms with Gasteiger partial charge in [-0.15, -0.1) is 11.3 Å². The fourth-order valence-electron chi connectivity index (χ4n) is 11.1. The average molecular weight is 992 g/mol. The van der Waals surface area contributed by atoms with Crippen LogP contribution in [-0.2, 0) is 23.8 Å². The third kappa shape index (κ3) is 9.24. The topological polar surface area (TPSA) is 165 Å². The number of nitrogens with zero attached hydrogens (tertiary/aromatic N) is 5. The number of hydrogen-bond acceptors (Lipinski definition) is 11. The maximum Gasteiger partial charge on any atom is 0.407 e. The number of hydrogen-bond donors (Lipinski definition) is 2. The van der Waals surface area contributed by atoms with Crippen molar-refractivity contribution < 1.29 is 46.9 Å². The Morgan fingerprint density at radius 2 is 1.44 bits per heavy atom. The smallest absolute Gasteiger partial charge is 0.407 e. The number of alkyl carbamates (subject to hydrolysis) is 2. The number of aromatic nitrogens is 1. The van der Waals surface area contributed by atoms with Crippen molar-refractivity contribution in [1.29, 1.82) is 0 Å². The van der Waals surface area contributed by atoms with E-state index in [2.05, 4.69) is 16.7 Å². The van der Waals surface area contributed by atoms with Crippen molar-refractivity contribution in [3.8, 4) is 17.0 Å². The molecule has 6 atom stereocenters. The van der Waals surface area contributed by atoms with E-state index in [4.69, 9.17) is 28.9 Å². The lowest BCUT2D eigenvalue weighted by Crippen LogP contribution is -2.55. The summed E-state index contributed by atoms with van der Waals surface area (Å²) in [6.45, 7) is 7.40. The van der Waals surface area contributed by atoms with Gasteiger partial charge in [-0.25, -0.2) is 18.4 Å². The summed E-state index contributed by atoms with van der Waals surface area (Å²) in [6, 6.07) is 13.1. The molecule has 15 nitrogen and oxygen atoms in total. The van der Waals surface area contributed by atoms with Crippen LogP contribution in [0.3, 0.4) is 0 Å². The number of alkyl halides is 1. The predicted molar refractivity (Wildman–Crippen MR) is 267 cm³/mol. The molecular formula is C53H59F2N7O8S. The zero-order valence-corrected chi connectivity index (χ0v) is 41.4. The van der Waals surface area contributed by atoms with E-state index >= 15 is 4.39 Å². The molecule has 4 amide bonds. The number of allylic oxidation sites excluding steroid dienone is 2. The van der Waals surface area contributed by atoms with E-state index in [1.807, 2.05) is 59.8 Å². The molecule has 2 N–H and O–H groups in total. The molecule has 3 fully saturated rings. The number of carbonyl (C=O) groups excluding carboxylic acids is 4. The Kier molecular flexibility index (Phi) is 13.6. The highest BCUT2D eigenvalue weighted by atomic mass is 32.1. The largest absolute Gasteiger partial charge is 0.464 e. The van der Waals surface area contributed by atoms with Crippen LogP contribution in [0.2, 0.25) is 0 Å². The molecule has 6 aliphatic rings. The van der Waals surface area contributed by atoms with Crippen molar-refractivity contribution in [2.24, 2.45) is 21.8 Å². The molecule has 18 heteroatoms. The third-order valence-corrected chi connectivity index (χ3v) is 16.1. The van der Waals surface area contributed by atoms with Crippen molar-refractivity contribution in [2.45, 2.75) is 109 Å². The first-order valence-corrected chi connectivity index (χ1v) is 25.4. The summed E-state index contributed by atoms with van der Waals surface area (Å²) in [4.78, 5) is 67.3. The molecule has 0 aliphatic carbocycles. The summed E-state index contributed by atoms with van der Waals surface area (Å²) >= 11 is 1.32. The third-order valence-electron chi connectivity index (χ3n) is 14.9. The van der Waals surface area contributed by atoms with Gasteiger partial charge >= 0.3 is 12.2 Å². The highest BCUT2D eigenvalue weighted by Gasteiger charge is 2.42. The standard InChI is InChI=1S/C53H59F2N7O8S/c1-28(2)47(58-52(65)67-4)49(63)60-16-6-8-40(60)38-23-35(27-57-38)32-21-36(55)46-42-24-33-20-31(10-11-39(33)62(42)51(70-43(46)25-32)45-13-12-44(71-45)29(3)54)34-22-37(56-26-34)41-9-7-17-61(41)50(64)48(59-53(66)68-5)30-14-18-69-19-15-30/h10-13,20-21,24-30,40-41,47-48,51H,6-9,14-19,22-23H2,1-5H3,(H,58,65)(H,59,66)/t29?,40-,41-,47-,48-,51?/m0/s1. The Morgan fingerprint density at radius 1 is 0.789 bits per heavy atom. The highest BCUT2D eigenvalue weighted by molar-refractivity contribution is 7.12. The Labute approximate surface area is 414 Å². The second kappa shape index (κ2) is 20.0. The molecule has 3 saturated heterocycles. The van der Waals surface area contributed by atoms with Gasteiger partial charge in [-0.05, 0) is 122 Å². The SMILES string of the molecule is COC(=O)N[C@H](C(=O)N1CCC[C@H]1C1=NC=C(c2cc(F)c3c(c2)OC(c2ccc(C(C)F)s2)n2c-3cc3cc(C4=CN=C([C@@H]5CCCN5C(=O)[C@@H](NC(=O)OC)C5CCOCC5)C4)ccc32)C1)C(C)C. The number of amides is 4. The van der Waals surface area contributed by atoms with Crippen LogP contribution in [0.1, 0.15) is 105 Å². The lowest BCUT2D eigenvalue weighted by Gasteiger charge is -2.34. The van der Waals surface area contributed by atoms with Gasteiger partial charge in [-0.1, -0.05) is 19.9 Å². The Balaban J connectivity index is 0.906.